The predicted octanol–water partition coefficient (Wildman–Crippen LogP) is 3.28. The Kier molecular flexibility index (Phi) is 5.80. The van der Waals surface area contributed by atoms with Crippen LogP contribution < -0.4 is 4.72 Å². The number of aromatic nitrogens is 3. The van der Waals surface area contributed by atoms with Crippen molar-refractivity contribution in [1.29, 1.82) is 0 Å². The number of nitrogens with zero attached hydrogens (tertiary/aromatic N) is 3. The van der Waals surface area contributed by atoms with E-state index < -0.39 is 0 Å². The van der Waals surface area contributed by atoms with Gasteiger partial charge in [0.05, 0.1) is 18.8 Å². The third kappa shape index (κ3) is 4.45. The van der Waals surface area contributed by atoms with E-state index in [2.05, 4.69) is 15.0 Å². The van der Waals surface area contributed by atoms with Crippen LogP contribution in [0.1, 0.15) is 18.5 Å². The Balaban J connectivity index is 1.71. The van der Waals surface area contributed by atoms with Crippen LogP contribution in [0.15, 0.2) is 59.6 Å². The minimum Gasteiger partial charge on any atom is -0.395 e. The highest BCUT2D eigenvalue weighted by molar-refractivity contribution is 7.97. The molecule has 0 bridgehead atoms. The van der Waals surface area contributed by atoms with E-state index >= 15 is 0 Å². The van der Waals surface area contributed by atoms with Crippen molar-refractivity contribution in [3.63, 3.8) is 0 Å². The average Bonchev–Trinajstić information content (AvgIpc) is 3.13. The molecule has 0 aliphatic carbocycles. The van der Waals surface area contributed by atoms with Crippen LogP contribution in [0.3, 0.4) is 0 Å². The van der Waals surface area contributed by atoms with E-state index in [0.29, 0.717) is 6.54 Å². The van der Waals surface area contributed by atoms with Gasteiger partial charge in [0, 0.05) is 17.0 Å². The summed E-state index contributed by atoms with van der Waals surface area (Å²) in [6.07, 6.45) is 1.89. The maximum atomic E-state index is 13.1. The van der Waals surface area contributed by atoms with Gasteiger partial charge in [0.25, 0.3) is 0 Å². The first kappa shape index (κ1) is 17.6. The number of aliphatic hydroxyl groups is 1. The van der Waals surface area contributed by atoms with E-state index in [1.807, 2.05) is 37.4 Å². The lowest BCUT2D eigenvalue weighted by atomic mass is 10.1. The molecule has 25 heavy (non-hydrogen) atoms. The van der Waals surface area contributed by atoms with Crippen LogP contribution in [0.4, 0.5) is 4.39 Å². The fourth-order valence-electron chi connectivity index (χ4n) is 2.37. The molecule has 0 fully saturated rings. The summed E-state index contributed by atoms with van der Waals surface area (Å²) in [5.74, 6) is -0.248. The zero-order chi connectivity index (χ0) is 17.6. The molecule has 1 unspecified atom stereocenters. The monoisotopic (exact) mass is 358 g/mol. The van der Waals surface area contributed by atoms with Crippen LogP contribution in [0, 0.1) is 5.82 Å². The van der Waals surface area contributed by atoms with Gasteiger partial charge in [0.15, 0.2) is 0 Å². The van der Waals surface area contributed by atoms with Crippen LogP contribution in [0.5, 0.6) is 0 Å². The molecule has 0 aliphatic heterocycles. The third-order valence-electron chi connectivity index (χ3n) is 3.81. The second-order valence-electron chi connectivity index (χ2n) is 5.56. The molecule has 2 aromatic carbocycles. The van der Waals surface area contributed by atoms with Crippen molar-refractivity contribution in [2.45, 2.75) is 17.9 Å². The normalized spacial score (nSPS) is 12.3. The molecule has 1 atom stereocenters. The molecular formula is C18H19FN4OS. The Labute approximate surface area is 150 Å². The summed E-state index contributed by atoms with van der Waals surface area (Å²) in [5, 5.41) is 17.2. The van der Waals surface area contributed by atoms with Crippen molar-refractivity contribution in [3.8, 4) is 11.3 Å². The Morgan fingerprint density at radius 1 is 1.16 bits per heavy atom. The molecule has 1 aromatic heterocycles. The maximum absolute atomic E-state index is 13.1. The first-order chi connectivity index (χ1) is 12.2. The predicted molar refractivity (Wildman–Crippen MR) is 96.6 cm³/mol. The molecule has 1 heterocycles. The van der Waals surface area contributed by atoms with Gasteiger partial charge in [-0.15, -0.1) is 5.10 Å². The van der Waals surface area contributed by atoms with Gasteiger partial charge in [0.2, 0.25) is 0 Å². The van der Waals surface area contributed by atoms with Gasteiger partial charge in [-0.3, -0.25) is 4.72 Å². The molecular weight excluding hydrogens is 339 g/mol. The third-order valence-corrected chi connectivity index (χ3v) is 4.67. The molecule has 2 N–H and O–H groups in total. The van der Waals surface area contributed by atoms with Crippen LogP contribution in [0.2, 0.25) is 0 Å². The lowest BCUT2D eigenvalue weighted by molar-refractivity contribution is 0.302. The summed E-state index contributed by atoms with van der Waals surface area (Å²) in [6.45, 7) is 2.65. The Morgan fingerprint density at radius 3 is 2.56 bits per heavy atom. The number of nitrogens with one attached hydrogen (secondary N) is 1. The molecule has 3 rings (SSSR count). The molecule has 0 radical (unpaired) electrons. The number of halogens is 1. The summed E-state index contributed by atoms with van der Waals surface area (Å²) in [7, 11) is 0. The smallest absolute Gasteiger partial charge is 0.123 e. The van der Waals surface area contributed by atoms with Crippen LogP contribution in [-0.4, -0.2) is 33.3 Å². The van der Waals surface area contributed by atoms with E-state index in [9.17, 15) is 4.39 Å². The Morgan fingerprint density at radius 2 is 1.88 bits per heavy atom. The Hall–Kier alpha value is -2.22. The molecule has 0 spiro atoms. The molecule has 0 aliphatic rings. The van der Waals surface area contributed by atoms with Crippen LogP contribution >= 0.6 is 11.9 Å². The topological polar surface area (TPSA) is 63.0 Å². The molecule has 0 saturated carbocycles. The molecule has 3 aromatic rings. The largest absolute Gasteiger partial charge is 0.395 e. The number of rotatable bonds is 7. The first-order valence-electron chi connectivity index (χ1n) is 7.95. The number of hydrogen-bond acceptors (Lipinski definition) is 5. The van der Waals surface area contributed by atoms with E-state index in [1.165, 1.54) is 24.1 Å². The zero-order valence-corrected chi connectivity index (χ0v) is 14.6. The fraction of sp³-hybridized carbons (Fsp3) is 0.222. The highest BCUT2D eigenvalue weighted by atomic mass is 32.2. The van der Waals surface area contributed by atoms with E-state index in [4.69, 9.17) is 5.11 Å². The van der Waals surface area contributed by atoms with Gasteiger partial charge < -0.3 is 5.11 Å². The highest BCUT2D eigenvalue weighted by Gasteiger charge is 2.11. The second-order valence-corrected chi connectivity index (χ2v) is 6.52. The standard InChI is InChI=1S/C18H19FN4OS/c1-13(14-2-6-16(19)7-3-14)23-12-18(21-22-23)15-4-8-17(9-5-15)25-20-10-11-24/h2-9,12-13,20,24H,10-11H2,1H3. The minimum absolute atomic E-state index is 0.0284. The number of hydrogen-bond donors (Lipinski definition) is 2. The van der Waals surface area contributed by atoms with E-state index in [0.717, 1.165) is 21.7 Å². The van der Waals surface area contributed by atoms with Crippen LogP contribution in [-0.2, 0) is 0 Å². The summed E-state index contributed by atoms with van der Waals surface area (Å²) in [5.41, 5.74) is 2.73. The lowest BCUT2D eigenvalue weighted by Gasteiger charge is -2.11. The zero-order valence-electron chi connectivity index (χ0n) is 13.8. The van der Waals surface area contributed by atoms with Crippen molar-refractivity contribution < 1.29 is 9.50 Å². The minimum atomic E-state index is -0.248. The molecule has 0 amide bonds. The van der Waals surface area contributed by atoms with Crippen LogP contribution in [0.25, 0.3) is 11.3 Å². The summed E-state index contributed by atoms with van der Waals surface area (Å²) in [4.78, 5) is 1.06. The lowest BCUT2D eigenvalue weighted by Crippen LogP contribution is -2.08. The second kappa shape index (κ2) is 8.24. The number of aliphatic hydroxyl groups excluding tert-OH is 1. The summed E-state index contributed by atoms with van der Waals surface area (Å²) < 4.78 is 17.9. The van der Waals surface area contributed by atoms with Crippen molar-refractivity contribution in [2.24, 2.45) is 0 Å². The summed E-state index contributed by atoms with van der Waals surface area (Å²) >= 11 is 1.48. The van der Waals surface area contributed by atoms with E-state index in [-0.39, 0.29) is 18.5 Å². The van der Waals surface area contributed by atoms with Crippen molar-refractivity contribution in [1.82, 2.24) is 19.7 Å². The number of benzene rings is 2. The van der Waals surface area contributed by atoms with Gasteiger partial charge in [-0.25, -0.2) is 9.07 Å². The van der Waals surface area contributed by atoms with Crippen molar-refractivity contribution in [3.05, 3.63) is 66.1 Å². The first-order valence-corrected chi connectivity index (χ1v) is 8.77. The quantitative estimate of drug-likeness (QED) is 0.501. The van der Waals surface area contributed by atoms with Crippen molar-refractivity contribution >= 4 is 11.9 Å². The maximum Gasteiger partial charge on any atom is 0.123 e. The van der Waals surface area contributed by atoms with Gasteiger partial charge in [0.1, 0.15) is 11.5 Å². The van der Waals surface area contributed by atoms with Gasteiger partial charge in [-0.1, -0.05) is 29.5 Å². The van der Waals surface area contributed by atoms with Gasteiger partial charge in [-0.2, -0.15) is 0 Å². The Bertz CT molecular complexity index is 805. The molecule has 130 valence electrons. The van der Waals surface area contributed by atoms with Crippen molar-refractivity contribution in [2.75, 3.05) is 13.2 Å². The van der Waals surface area contributed by atoms with E-state index in [1.54, 1.807) is 16.8 Å². The molecule has 0 saturated heterocycles. The fourth-order valence-corrected chi connectivity index (χ4v) is 3.00. The molecule has 7 heteroatoms. The highest BCUT2D eigenvalue weighted by Crippen LogP contribution is 2.23. The van der Waals surface area contributed by atoms with Gasteiger partial charge in [-0.05, 0) is 48.7 Å². The summed E-state index contributed by atoms with van der Waals surface area (Å²) in [6, 6.07) is 14.3. The average molecular weight is 358 g/mol. The molecule has 5 nitrogen and oxygen atoms in total. The van der Waals surface area contributed by atoms with Gasteiger partial charge >= 0.3 is 0 Å². The SMILES string of the molecule is CC(c1ccc(F)cc1)n1cc(-c2ccc(SNCCO)cc2)nn1.